The molecule has 0 bridgehead atoms. The zero-order valence-electron chi connectivity index (χ0n) is 13.1. The molecule has 0 unspecified atom stereocenters. The Morgan fingerprint density at radius 2 is 2.14 bits per heavy atom. The third-order valence-corrected chi connectivity index (χ3v) is 3.78. The first-order valence-electron chi connectivity index (χ1n) is 7.72. The Labute approximate surface area is 131 Å². The fraction of sp³-hybridized carbons (Fsp3) is 0.389. The summed E-state index contributed by atoms with van der Waals surface area (Å²) in [6, 6.07) is 7.98. The highest BCUT2D eigenvalue weighted by Gasteiger charge is 2.18. The number of benzene rings is 1. The summed E-state index contributed by atoms with van der Waals surface area (Å²) in [6.07, 6.45) is 4.64. The molecule has 116 valence electrons. The summed E-state index contributed by atoms with van der Waals surface area (Å²) in [4.78, 5) is 4.20. The number of pyridine rings is 1. The molecule has 1 aromatic heterocycles. The van der Waals surface area contributed by atoms with Crippen molar-refractivity contribution in [3.8, 4) is 22.6 Å². The third kappa shape index (κ3) is 3.22. The Balaban J connectivity index is 1.73. The lowest BCUT2D eigenvalue weighted by Crippen LogP contribution is -2.29. The van der Waals surface area contributed by atoms with Crippen LogP contribution in [0.5, 0.6) is 11.5 Å². The number of nitrogens with zero attached hydrogens (tertiary/aromatic N) is 1. The van der Waals surface area contributed by atoms with Gasteiger partial charge in [0.25, 0.3) is 0 Å². The van der Waals surface area contributed by atoms with Crippen molar-refractivity contribution >= 4 is 0 Å². The van der Waals surface area contributed by atoms with E-state index < -0.39 is 0 Å². The highest BCUT2D eigenvalue weighted by molar-refractivity contribution is 5.75. The third-order valence-electron chi connectivity index (χ3n) is 3.78. The summed E-state index contributed by atoms with van der Waals surface area (Å²) in [6.45, 7) is 5.42. The Hall–Kier alpha value is -2.07. The molecule has 1 aliphatic heterocycles. The van der Waals surface area contributed by atoms with Gasteiger partial charge < -0.3 is 15.2 Å². The number of fused-ring (bicyclic) bond motifs is 3. The Bertz CT molecular complexity index is 655. The van der Waals surface area contributed by atoms with Crippen LogP contribution in [-0.4, -0.2) is 17.6 Å². The van der Waals surface area contributed by atoms with Gasteiger partial charge in [0.05, 0.1) is 0 Å². The van der Waals surface area contributed by atoms with Crippen LogP contribution >= 0.6 is 0 Å². The lowest BCUT2D eigenvalue weighted by Gasteiger charge is -2.21. The van der Waals surface area contributed by atoms with Gasteiger partial charge in [0.15, 0.2) is 0 Å². The maximum atomic E-state index is 6.06. The molecule has 1 atom stereocenters. The number of aromatic nitrogens is 1. The van der Waals surface area contributed by atoms with Crippen LogP contribution < -0.4 is 15.2 Å². The normalized spacial score (nSPS) is 14.0. The molecule has 0 fully saturated rings. The number of nitrogens with two attached hydrogens (primary N) is 1. The molecule has 3 rings (SSSR count). The second-order valence-electron chi connectivity index (χ2n) is 6.18. The van der Waals surface area contributed by atoms with Gasteiger partial charge in [0.2, 0.25) is 0 Å². The predicted octanol–water partition coefficient (Wildman–Crippen LogP) is 3.39. The van der Waals surface area contributed by atoms with Crippen LogP contribution in [0.15, 0.2) is 36.7 Å². The van der Waals surface area contributed by atoms with Gasteiger partial charge in [-0.25, -0.2) is 0 Å². The van der Waals surface area contributed by atoms with Gasteiger partial charge in [-0.3, -0.25) is 4.98 Å². The minimum atomic E-state index is 0.0573. The standard InChI is InChI=1S/C18H22N2O2/c1-12(2)7-14(19)11-21-15-3-4-16-17-9-20-6-5-13(17)10-22-18(16)8-15/h3-6,8-9,12,14H,7,10-11,19H2,1-2H3/t14-/m0/s1. The maximum absolute atomic E-state index is 6.06. The Morgan fingerprint density at radius 3 is 2.95 bits per heavy atom. The first-order valence-corrected chi connectivity index (χ1v) is 7.72. The summed E-state index contributed by atoms with van der Waals surface area (Å²) in [7, 11) is 0. The van der Waals surface area contributed by atoms with Crippen molar-refractivity contribution < 1.29 is 9.47 Å². The smallest absolute Gasteiger partial charge is 0.131 e. The Morgan fingerprint density at radius 1 is 1.27 bits per heavy atom. The summed E-state index contributed by atoms with van der Waals surface area (Å²) in [5.74, 6) is 2.22. The average molecular weight is 298 g/mol. The maximum Gasteiger partial charge on any atom is 0.131 e. The predicted molar refractivity (Wildman–Crippen MR) is 86.9 cm³/mol. The molecule has 22 heavy (non-hydrogen) atoms. The van der Waals surface area contributed by atoms with Crippen LogP contribution in [0.25, 0.3) is 11.1 Å². The van der Waals surface area contributed by atoms with E-state index in [1.165, 1.54) is 0 Å². The van der Waals surface area contributed by atoms with Crippen LogP contribution in [0, 0.1) is 5.92 Å². The first kappa shape index (κ1) is 14.9. The minimum Gasteiger partial charge on any atom is -0.492 e. The number of hydrogen-bond donors (Lipinski definition) is 1. The zero-order valence-corrected chi connectivity index (χ0v) is 13.1. The van der Waals surface area contributed by atoms with Crippen molar-refractivity contribution in [2.75, 3.05) is 6.61 Å². The molecule has 2 N–H and O–H groups in total. The highest BCUT2D eigenvalue weighted by Crippen LogP contribution is 2.38. The molecule has 0 saturated carbocycles. The van der Waals surface area contributed by atoms with Crippen LogP contribution in [0.1, 0.15) is 25.8 Å². The van der Waals surface area contributed by atoms with E-state index in [9.17, 15) is 0 Å². The molecule has 0 amide bonds. The van der Waals surface area contributed by atoms with E-state index in [0.29, 0.717) is 19.1 Å². The van der Waals surface area contributed by atoms with E-state index in [0.717, 1.165) is 34.6 Å². The van der Waals surface area contributed by atoms with Crippen molar-refractivity contribution in [1.82, 2.24) is 4.98 Å². The molecule has 2 aromatic rings. The molecule has 0 saturated heterocycles. The number of ether oxygens (including phenoxy) is 2. The Kier molecular flexibility index (Phi) is 4.29. The van der Waals surface area contributed by atoms with Gasteiger partial charge in [-0.2, -0.15) is 0 Å². The topological polar surface area (TPSA) is 57.4 Å². The monoisotopic (exact) mass is 298 g/mol. The summed E-state index contributed by atoms with van der Waals surface area (Å²) in [5, 5.41) is 0. The van der Waals surface area contributed by atoms with Crippen molar-refractivity contribution in [2.24, 2.45) is 11.7 Å². The summed E-state index contributed by atoms with van der Waals surface area (Å²) >= 11 is 0. The molecule has 2 heterocycles. The largest absolute Gasteiger partial charge is 0.492 e. The molecule has 4 nitrogen and oxygen atoms in total. The van der Waals surface area contributed by atoms with Gasteiger partial charge in [-0.1, -0.05) is 13.8 Å². The van der Waals surface area contributed by atoms with Gasteiger partial charge >= 0.3 is 0 Å². The molecular weight excluding hydrogens is 276 g/mol. The number of hydrogen-bond acceptors (Lipinski definition) is 4. The van der Waals surface area contributed by atoms with Gasteiger partial charge in [0, 0.05) is 41.2 Å². The van der Waals surface area contributed by atoms with Crippen molar-refractivity contribution in [3.63, 3.8) is 0 Å². The molecule has 0 radical (unpaired) electrons. The second kappa shape index (κ2) is 6.36. The van der Waals surface area contributed by atoms with Gasteiger partial charge in [0.1, 0.15) is 24.7 Å². The molecular formula is C18H22N2O2. The summed E-state index contributed by atoms with van der Waals surface area (Å²) in [5.41, 5.74) is 9.42. The summed E-state index contributed by atoms with van der Waals surface area (Å²) < 4.78 is 11.6. The molecule has 1 aromatic carbocycles. The fourth-order valence-corrected chi connectivity index (χ4v) is 2.76. The fourth-order valence-electron chi connectivity index (χ4n) is 2.76. The lowest BCUT2D eigenvalue weighted by atomic mass is 9.99. The van der Waals surface area contributed by atoms with Gasteiger partial charge in [-0.15, -0.1) is 0 Å². The van der Waals surface area contributed by atoms with Crippen LogP contribution in [0.2, 0.25) is 0 Å². The first-order chi connectivity index (χ1) is 10.6. The average Bonchev–Trinajstić information content (AvgIpc) is 2.52. The van der Waals surface area contributed by atoms with Crippen molar-refractivity contribution in [3.05, 3.63) is 42.2 Å². The van der Waals surface area contributed by atoms with Crippen molar-refractivity contribution in [2.45, 2.75) is 32.9 Å². The van der Waals surface area contributed by atoms with Gasteiger partial charge in [-0.05, 0) is 30.5 Å². The van der Waals surface area contributed by atoms with E-state index in [-0.39, 0.29) is 6.04 Å². The van der Waals surface area contributed by atoms with Crippen LogP contribution in [0.3, 0.4) is 0 Å². The second-order valence-corrected chi connectivity index (χ2v) is 6.18. The highest BCUT2D eigenvalue weighted by atomic mass is 16.5. The molecule has 0 aliphatic carbocycles. The zero-order chi connectivity index (χ0) is 15.5. The minimum absolute atomic E-state index is 0.0573. The SMILES string of the molecule is CC(C)C[C@H](N)COc1ccc2c(c1)OCc1ccncc1-2. The van der Waals surface area contributed by atoms with Crippen LogP contribution in [0.4, 0.5) is 0 Å². The van der Waals surface area contributed by atoms with Crippen molar-refractivity contribution in [1.29, 1.82) is 0 Å². The number of rotatable bonds is 5. The van der Waals surface area contributed by atoms with E-state index in [4.69, 9.17) is 15.2 Å². The molecule has 4 heteroatoms. The quantitative estimate of drug-likeness (QED) is 0.919. The molecule has 1 aliphatic rings. The van der Waals surface area contributed by atoms with E-state index in [1.54, 1.807) is 6.20 Å². The lowest BCUT2D eigenvalue weighted by molar-refractivity contribution is 0.265. The van der Waals surface area contributed by atoms with Crippen LogP contribution in [-0.2, 0) is 6.61 Å². The molecule has 0 spiro atoms. The van der Waals surface area contributed by atoms with E-state index in [2.05, 4.69) is 18.8 Å². The van der Waals surface area contributed by atoms with E-state index in [1.807, 2.05) is 30.5 Å². The van der Waals surface area contributed by atoms with E-state index >= 15 is 0 Å².